The van der Waals surface area contributed by atoms with Crippen LogP contribution in [-0.4, -0.2) is 47.1 Å². The van der Waals surface area contributed by atoms with E-state index in [4.69, 9.17) is 9.47 Å². The number of thioether (sulfide) groups is 1. The Morgan fingerprint density at radius 1 is 0.939 bits per heavy atom. The highest BCUT2D eigenvalue weighted by atomic mass is 32.2. The SMILES string of the molecule is CCOC(=O)c1ccc(NC(=O)COc2ccc([C@@H]3c4sc(=O)[nH]c4S[C@@H]4[C@@H]5C[C@@H]([C@@H]6C(=O)N(c7ccc(F)cc7)C(=O)[C@@H]56)[C@H]34)cc2)cc1. The van der Waals surface area contributed by atoms with E-state index in [0.717, 1.165) is 21.9 Å². The molecule has 1 saturated heterocycles. The molecule has 8 rings (SSSR count). The van der Waals surface area contributed by atoms with Gasteiger partial charge in [-0.3, -0.25) is 24.1 Å². The lowest BCUT2D eigenvalue weighted by Crippen LogP contribution is -2.42. The van der Waals surface area contributed by atoms with Crippen molar-refractivity contribution in [1.82, 2.24) is 4.98 Å². The van der Waals surface area contributed by atoms with Crippen molar-refractivity contribution >= 4 is 58.2 Å². The minimum atomic E-state index is -0.466. The number of esters is 1. The maximum atomic E-state index is 13.9. The summed E-state index contributed by atoms with van der Waals surface area (Å²) < 4.78 is 24.4. The number of nitrogens with one attached hydrogen (secondary N) is 2. The molecule has 250 valence electrons. The number of carbonyl (C=O) groups excluding carboxylic acids is 4. The van der Waals surface area contributed by atoms with E-state index in [9.17, 15) is 28.4 Å². The van der Waals surface area contributed by atoms with E-state index in [0.29, 0.717) is 22.7 Å². The molecule has 2 saturated carbocycles. The van der Waals surface area contributed by atoms with Gasteiger partial charge in [-0.05, 0) is 97.3 Å². The first-order valence-electron chi connectivity index (χ1n) is 16.0. The number of halogens is 1. The second-order valence-corrected chi connectivity index (χ2v) is 14.9. The Morgan fingerprint density at radius 3 is 2.33 bits per heavy atom. The van der Waals surface area contributed by atoms with Crippen LogP contribution in [0.1, 0.15) is 40.1 Å². The Bertz CT molecular complexity index is 2030. The molecule has 13 heteroatoms. The fourth-order valence-corrected chi connectivity index (χ4v) is 11.1. The highest BCUT2D eigenvalue weighted by molar-refractivity contribution is 8.00. The Hall–Kier alpha value is -4.75. The van der Waals surface area contributed by atoms with Crippen LogP contribution in [0.15, 0.2) is 82.6 Å². The molecular formula is C36H30FN3O7S2. The molecule has 2 bridgehead atoms. The van der Waals surface area contributed by atoms with Gasteiger partial charge >= 0.3 is 10.8 Å². The summed E-state index contributed by atoms with van der Waals surface area (Å²) in [5.74, 6) is -2.37. The van der Waals surface area contributed by atoms with Crippen LogP contribution in [0, 0.1) is 35.4 Å². The smallest absolute Gasteiger partial charge is 0.338 e. The molecule has 49 heavy (non-hydrogen) atoms. The minimum Gasteiger partial charge on any atom is -0.484 e. The maximum absolute atomic E-state index is 13.9. The molecule has 3 amide bonds. The summed E-state index contributed by atoms with van der Waals surface area (Å²) in [7, 11) is 0. The average Bonchev–Trinajstić information content (AvgIpc) is 3.84. The average molecular weight is 700 g/mol. The number of aromatic nitrogens is 1. The number of rotatable bonds is 8. The fraction of sp³-hybridized carbons (Fsp3) is 0.306. The zero-order chi connectivity index (χ0) is 34.0. The summed E-state index contributed by atoms with van der Waals surface area (Å²) in [6.45, 7) is 1.77. The largest absolute Gasteiger partial charge is 0.484 e. The van der Waals surface area contributed by atoms with Gasteiger partial charge < -0.3 is 19.8 Å². The molecule has 10 nitrogen and oxygen atoms in total. The first-order chi connectivity index (χ1) is 23.7. The number of ether oxygens (including phenoxy) is 2. The Labute approximate surface area is 288 Å². The highest BCUT2D eigenvalue weighted by Gasteiger charge is 2.69. The molecule has 7 atom stereocenters. The van der Waals surface area contributed by atoms with Gasteiger partial charge in [0.25, 0.3) is 5.91 Å². The number of benzene rings is 3. The van der Waals surface area contributed by atoms with E-state index in [-0.39, 0.29) is 64.7 Å². The number of hydrogen-bond donors (Lipinski definition) is 2. The molecule has 2 aliphatic heterocycles. The van der Waals surface area contributed by atoms with Crippen molar-refractivity contribution in [1.29, 1.82) is 0 Å². The van der Waals surface area contributed by atoms with E-state index in [1.54, 1.807) is 55.1 Å². The predicted octanol–water partition coefficient (Wildman–Crippen LogP) is 5.45. The van der Waals surface area contributed by atoms with Crippen molar-refractivity contribution in [2.75, 3.05) is 23.4 Å². The van der Waals surface area contributed by atoms with Crippen molar-refractivity contribution in [3.63, 3.8) is 0 Å². The Morgan fingerprint density at radius 2 is 1.63 bits per heavy atom. The van der Waals surface area contributed by atoms with Crippen LogP contribution in [0.3, 0.4) is 0 Å². The number of nitrogens with zero attached hydrogens (tertiary/aromatic N) is 1. The lowest BCUT2D eigenvalue weighted by molar-refractivity contribution is -0.123. The van der Waals surface area contributed by atoms with Gasteiger partial charge in [0.2, 0.25) is 11.8 Å². The van der Waals surface area contributed by atoms with Crippen LogP contribution >= 0.6 is 23.1 Å². The van der Waals surface area contributed by atoms with Crippen LogP contribution in [0.5, 0.6) is 5.75 Å². The van der Waals surface area contributed by atoms with Crippen LogP contribution in [0.4, 0.5) is 15.8 Å². The van der Waals surface area contributed by atoms with E-state index in [1.807, 2.05) is 12.1 Å². The van der Waals surface area contributed by atoms with Gasteiger partial charge in [0.05, 0.1) is 34.7 Å². The van der Waals surface area contributed by atoms with Gasteiger partial charge in [-0.15, -0.1) is 11.8 Å². The molecule has 4 aliphatic rings. The summed E-state index contributed by atoms with van der Waals surface area (Å²) >= 11 is 2.79. The minimum absolute atomic E-state index is 0.0212. The van der Waals surface area contributed by atoms with Crippen LogP contribution in [-0.2, 0) is 19.1 Å². The molecule has 0 spiro atoms. The molecule has 4 aromatic rings. The van der Waals surface area contributed by atoms with Gasteiger partial charge in [-0.1, -0.05) is 23.5 Å². The predicted molar refractivity (Wildman–Crippen MR) is 180 cm³/mol. The third-order valence-corrected chi connectivity index (χ3v) is 12.7. The first kappa shape index (κ1) is 31.5. The van der Waals surface area contributed by atoms with Crippen molar-refractivity contribution in [2.24, 2.45) is 29.6 Å². The van der Waals surface area contributed by atoms with Gasteiger partial charge in [0, 0.05) is 21.7 Å². The molecule has 0 unspecified atom stereocenters. The number of amides is 3. The number of aromatic amines is 1. The van der Waals surface area contributed by atoms with E-state index >= 15 is 0 Å². The van der Waals surface area contributed by atoms with Gasteiger partial charge in [-0.2, -0.15) is 0 Å². The van der Waals surface area contributed by atoms with Crippen LogP contribution in [0.25, 0.3) is 0 Å². The topological polar surface area (TPSA) is 135 Å². The van der Waals surface area contributed by atoms with Crippen molar-refractivity contribution < 1.29 is 33.0 Å². The van der Waals surface area contributed by atoms with E-state index < -0.39 is 23.6 Å². The maximum Gasteiger partial charge on any atom is 0.338 e. The number of thiazole rings is 1. The fourth-order valence-electron chi connectivity index (χ4n) is 8.26. The van der Waals surface area contributed by atoms with E-state index in [1.165, 1.54) is 40.5 Å². The first-order valence-corrected chi connectivity index (χ1v) is 17.7. The van der Waals surface area contributed by atoms with Crippen molar-refractivity contribution in [2.45, 2.75) is 29.5 Å². The summed E-state index contributed by atoms with van der Waals surface area (Å²) in [5, 5.41) is 3.59. The summed E-state index contributed by atoms with van der Waals surface area (Å²) in [4.78, 5) is 69.7. The normalized spacial score (nSPS) is 26.2. The molecule has 3 heterocycles. The molecule has 3 fully saturated rings. The van der Waals surface area contributed by atoms with Gasteiger partial charge in [0.15, 0.2) is 6.61 Å². The summed E-state index contributed by atoms with van der Waals surface area (Å²) in [6.07, 6.45) is 0.754. The number of imide groups is 1. The van der Waals surface area contributed by atoms with Crippen LogP contribution in [0.2, 0.25) is 0 Å². The quantitative estimate of drug-likeness (QED) is 0.183. The number of carbonyl (C=O) groups is 4. The van der Waals surface area contributed by atoms with Crippen LogP contribution < -0.4 is 19.8 Å². The molecule has 3 aromatic carbocycles. The lowest BCUT2D eigenvalue weighted by Gasteiger charge is -2.43. The zero-order valence-electron chi connectivity index (χ0n) is 26.1. The number of fused-ring (bicyclic) bond motifs is 9. The zero-order valence-corrected chi connectivity index (χ0v) is 27.7. The Balaban J connectivity index is 0.996. The number of H-pyrrole nitrogens is 1. The Kier molecular flexibility index (Phi) is 7.91. The summed E-state index contributed by atoms with van der Waals surface area (Å²) in [6, 6.07) is 19.3. The molecule has 1 aromatic heterocycles. The second kappa shape index (κ2) is 12.3. The number of hydrogen-bond acceptors (Lipinski definition) is 9. The van der Waals surface area contributed by atoms with Gasteiger partial charge in [-0.25, -0.2) is 9.18 Å². The van der Waals surface area contributed by atoms with Crippen molar-refractivity contribution in [3.8, 4) is 5.75 Å². The molecule has 0 radical (unpaired) electrons. The summed E-state index contributed by atoms with van der Waals surface area (Å²) in [5.41, 5.74) is 2.25. The third-order valence-electron chi connectivity index (χ3n) is 10.1. The van der Waals surface area contributed by atoms with E-state index in [2.05, 4.69) is 10.3 Å². The number of anilines is 2. The molecule has 2 aliphatic carbocycles. The molecular weight excluding hydrogens is 670 g/mol. The highest BCUT2D eigenvalue weighted by Crippen LogP contribution is 2.68. The lowest BCUT2D eigenvalue weighted by atomic mass is 9.68. The van der Waals surface area contributed by atoms with Crippen molar-refractivity contribution in [3.05, 3.63) is 104 Å². The third kappa shape index (κ3) is 5.35. The second-order valence-electron chi connectivity index (χ2n) is 12.7. The molecule has 2 N–H and O–H groups in total. The van der Waals surface area contributed by atoms with Gasteiger partial charge in [0.1, 0.15) is 11.6 Å². The monoisotopic (exact) mass is 699 g/mol. The standard InChI is InChI=1S/C36H30FN3O7S2/c1-2-46-35(44)18-3-9-20(10-4-18)38-25(41)16-47-22-13-5-17(6-14-22)26-27-23-15-24(30(27)48-32-31(26)49-36(45)39-32)29-28(23)33(42)40(34(29)43)21-11-7-19(37)8-12-21/h3-14,23-24,26-30H,2,15-16H2,1H3,(H,38,41)(H,39,45)/t23-,24-,26+,27-,28+,29+,30-/m1/s1.